The molecule has 1 N–H and O–H groups in total. The molecule has 0 radical (unpaired) electrons. The van der Waals surface area contributed by atoms with E-state index in [9.17, 15) is 13.6 Å². The summed E-state index contributed by atoms with van der Waals surface area (Å²) in [5, 5.41) is 2.84. The van der Waals surface area contributed by atoms with Crippen LogP contribution in [0, 0.1) is 11.6 Å². The van der Waals surface area contributed by atoms with Crippen molar-refractivity contribution in [1.29, 1.82) is 0 Å². The highest BCUT2D eigenvalue weighted by molar-refractivity contribution is 5.76. The number of methoxy groups -OCH3 is 1. The van der Waals surface area contributed by atoms with Crippen molar-refractivity contribution < 1.29 is 22.7 Å². The second-order valence-electron chi connectivity index (χ2n) is 6.19. The van der Waals surface area contributed by atoms with Crippen molar-refractivity contribution in [2.75, 3.05) is 13.7 Å². The predicted octanol–water partition coefficient (Wildman–Crippen LogP) is 3.92. The van der Waals surface area contributed by atoms with Gasteiger partial charge in [-0.15, -0.1) is 0 Å². The minimum atomic E-state index is -0.723. The molecule has 0 aliphatic rings. The lowest BCUT2D eigenvalue weighted by atomic mass is 10.1. The third-order valence-electron chi connectivity index (χ3n) is 4.21. The maximum absolute atomic E-state index is 13.8. The van der Waals surface area contributed by atoms with Gasteiger partial charge >= 0.3 is 0 Å². The molecule has 0 aliphatic heterocycles. The summed E-state index contributed by atoms with van der Waals surface area (Å²) in [5.74, 6) is -0.192. The molecule has 5 nitrogen and oxygen atoms in total. The Bertz CT molecular complexity index is 939. The molecular weight excluding hydrogens is 366 g/mol. The van der Waals surface area contributed by atoms with Crippen molar-refractivity contribution in [2.45, 2.75) is 19.3 Å². The zero-order valence-electron chi connectivity index (χ0n) is 15.4. The molecule has 0 spiro atoms. The highest BCUT2D eigenvalue weighted by Crippen LogP contribution is 2.24. The van der Waals surface area contributed by atoms with Gasteiger partial charge in [0.2, 0.25) is 5.91 Å². The Hall–Kier alpha value is -3.22. The van der Waals surface area contributed by atoms with Crippen molar-refractivity contribution in [2.24, 2.45) is 0 Å². The summed E-state index contributed by atoms with van der Waals surface area (Å²) >= 11 is 0. The van der Waals surface area contributed by atoms with E-state index in [0.717, 1.165) is 23.4 Å². The van der Waals surface area contributed by atoms with Crippen molar-refractivity contribution in [3.8, 4) is 17.1 Å². The number of nitrogens with one attached hydrogen (secondary N) is 1. The van der Waals surface area contributed by atoms with Gasteiger partial charge in [-0.2, -0.15) is 0 Å². The third-order valence-corrected chi connectivity index (χ3v) is 4.21. The normalized spacial score (nSPS) is 10.7. The molecule has 0 saturated heterocycles. The first kappa shape index (κ1) is 19.5. The van der Waals surface area contributed by atoms with Gasteiger partial charge in [0, 0.05) is 25.5 Å². The van der Waals surface area contributed by atoms with Gasteiger partial charge in [0.1, 0.15) is 17.4 Å². The Morgan fingerprint density at radius 3 is 2.64 bits per heavy atom. The summed E-state index contributed by atoms with van der Waals surface area (Å²) < 4.78 is 37.3. The Morgan fingerprint density at radius 1 is 1.14 bits per heavy atom. The van der Waals surface area contributed by atoms with E-state index in [0.29, 0.717) is 18.9 Å². The van der Waals surface area contributed by atoms with Gasteiger partial charge in [0.25, 0.3) is 0 Å². The van der Waals surface area contributed by atoms with Gasteiger partial charge in [-0.05, 0) is 36.2 Å². The van der Waals surface area contributed by atoms with Crippen molar-refractivity contribution in [3.05, 3.63) is 71.8 Å². The second kappa shape index (κ2) is 9.12. The number of aryl methyl sites for hydroxylation is 1. The lowest BCUT2D eigenvalue weighted by molar-refractivity contribution is -0.121. The molecule has 0 aliphatic carbocycles. The van der Waals surface area contributed by atoms with E-state index >= 15 is 0 Å². The average Bonchev–Trinajstić information content (AvgIpc) is 3.15. The van der Waals surface area contributed by atoms with Crippen LogP contribution >= 0.6 is 0 Å². The van der Waals surface area contributed by atoms with Crippen LogP contribution < -0.4 is 10.1 Å². The minimum Gasteiger partial charge on any atom is -0.497 e. The van der Waals surface area contributed by atoms with Crippen molar-refractivity contribution >= 4 is 5.91 Å². The van der Waals surface area contributed by atoms with Gasteiger partial charge in [-0.1, -0.05) is 12.1 Å². The Morgan fingerprint density at radius 2 is 1.93 bits per heavy atom. The van der Waals surface area contributed by atoms with E-state index in [-0.39, 0.29) is 30.1 Å². The molecule has 0 saturated carbocycles. The maximum Gasteiger partial charge on any atom is 0.220 e. The molecule has 0 bridgehead atoms. The minimum absolute atomic E-state index is 0.124. The molecule has 1 aromatic heterocycles. The molecule has 1 heterocycles. The van der Waals surface area contributed by atoms with Gasteiger partial charge in [0.05, 0.1) is 18.9 Å². The van der Waals surface area contributed by atoms with E-state index in [4.69, 9.17) is 9.15 Å². The number of nitrogens with zero attached hydrogens (tertiary/aromatic N) is 1. The van der Waals surface area contributed by atoms with E-state index in [1.165, 1.54) is 12.3 Å². The van der Waals surface area contributed by atoms with Gasteiger partial charge in [-0.3, -0.25) is 4.79 Å². The monoisotopic (exact) mass is 386 g/mol. The number of rotatable bonds is 8. The summed E-state index contributed by atoms with van der Waals surface area (Å²) in [6.45, 7) is 0.517. The van der Waals surface area contributed by atoms with Crippen LogP contribution in [0.4, 0.5) is 8.78 Å². The second-order valence-corrected chi connectivity index (χ2v) is 6.19. The number of oxazole rings is 1. The number of ether oxygens (including phenoxy) is 1. The zero-order valence-corrected chi connectivity index (χ0v) is 15.4. The fourth-order valence-electron chi connectivity index (χ4n) is 2.69. The van der Waals surface area contributed by atoms with Crippen LogP contribution in [-0.2, 0) is 17.6 Å². The van der Waals surface area contributed by atoms with Gasteiger partial charge in [-0.25, -0.2) is 13.8 Å². The predicted molar refractivity (Wildman–Crippen MR) is 99.9 cm³/mol. The molecule has 0 unspecified atom stereocenters. The smallest absolute Gasteiger partial charge is 0.220 e. The maximum atomic E-state index is 13.8. The van der Waals surface area contributed by atoms with Crippen LogP contribution in [0.2, 0.25) is 0 Å². The summed E-state index contributed by atoms with van der Waals surface area (Å²) in [7, 11) is 1.61. The fraction of sp³-hybridized carbons (Fsp3) is 0.238. The zero-order chi connectivity index (χ0) is 19.9. The molecule has 0 atom stereocenters. The van der Waals surface area contributed by atoms with Gasteiger partial charge < -0.3 is 14.5 Å². The summed E-state index contributed by atoms with van der Waals surface area (Å²) in [4.78, 5) is 16.0. The van der Waals surface area contributed by atoms with Crippen LogP contribution in [0.5, 0.6) is 5.75 Å². The standard InChI is InChI=1S/C21H20F2N2O3/c1-27-16-5-2-14(3-6-16)10-11-24-20(26)8-9-21-25-13-19(28-21)17-7-4-15(22)12-18(17)23/h2-7,12-13H,8-11H2,1H3,(H,24,26). The summed E-state index contributed by atoms with van der Waals surface area (Å²) in [6, 6.07) is 10.9. The molecule has 0 fully saturated rings. The highest BCUT2D eigenvalue weighted by atomic mass is 19.1. The van der Waals surface area contributed by atoms with Crippen molar-refractivity contribution in [1.82, 2.24) is 10.3 Å². The van der Waals surface area contributed by atoms with Crippen molar-refractivity contribution in [3.63, 3.8) is 0 Å². The molecule has 7 heteroatoms. The Balaban J connectivity index is 1.45. The Kier molecular flexibility index (Phi) is 6.37. The summed E-state index contributed by atoms with van der Waals surface area (Å²) in [5.41, 5.74) is 1.23. The summed E-state index contributed by atoms with van der Waals surface area (Å²) in [6.07, 6.45) is 2.57. The number of amides is 1. The lowest BCUT2D eigenvalue weighted by Gasteiger charge is -2.05. The van der Waals surface area contributed by atoms with E-state index in [2.05, 4.69) is 10.3 Å². The molecule has 146 valence electrons. The topological polar surface area (TPSA) is 64.4 Å². The number of aromatic nitrogens is 1. The highest BCUT2D eigenvalue weighted by Gasteiger charge is 2.13. The molecule has 1 amide bonds. The number of hydrogen-bond acceptors (Lipinski definition) is 4. The number of halogens is 2. The first-order valence-electron chi connectivity index (χ1n) is 8.85. The van der Waals surface area contributed by atoms with E-state index in [1.54, 1.807) is 7.11 Å². The van der Waals surface area contributed by atoms with E-state index in [1.807, 2.05) is 24.3 Å². The SMILES string of the molecule is COc1ccc(CCNC(=O)CCc2ncc(-c3ccc(F)cc3F)o2)cc1. The average molecular weight is 386 g/mol. The molecule has 2 aromatic carbocycles. The Labute approximate surface area is 161 Å². The lowest BCUT2D eigenvalue weighted by Crippen LogP contribution is -2.25. The largest absolute Gasteiger partial charge is 0.497 e. The number of hydrogen-bond donors (Lipinski definition) is 1. The quantitative estimate of drug-likeness (QED) is 0.637. The van der Waals surface area contributed by atoms with Crippen LogP contribution in [0.3, 0.4) is 0 Å². The first-order valence-corrected chi connectivity index (χ1v) is 8.85. The molecule has 3 rings (SSSR count). The molecular formula is C21H20F2N2O3. The van der Waals surface area contributed by atoms with Crippen LogP contribution in [0.1, 0.15) is 17.9 Å². The fourth-order valence-corrected chi connectivity index (χ4v) is 2.69. The number of carbonyl (C=O) groups excluding carboxylic acids is 1. The van der Waals surface area contributed by atoms with Crippen LogP contribution in [0.25, 0.3) is 11.3 Å². The molecule has 28 heavy (non-hydrogen) atoms. The molecule has 3 aromatic rings. The van der Waals surface area contributed by atoms with E-state index < -0.39 is 11.6 Å². The third kappa shape index (κ3) is 5.16. The number of carbonyl (C=O) groups is 1. The van der Waals surface area contributed by atoms with Crippen LogP contribution in [0.15, 0.2) is 53.1 Å². The van der Waals surface area contributed by atoms with Crippen LogP contribution in [-0.4, -0.2) is 24.5 Å². The van der Waals surface area contributed by atoms with Gasteiger partial charge in [0.15, 0.2) is 11.7 Å². The number of benzene rings is 2. The first-order chi connectivity index (χ1) is 13.5.